The highest BCUT2D eigenvalue weighted by Crippen LogP contribution is 2.69. The van der Waals surface area contributed by atoms with Crippen LogP contribution in [0.2, 0.25) is 0 Å². The second-order valence-corrected chi connectivity index (χ2v) is 12.0. The number of hydrogen-bond donors (Lipinski definition) is 3. The Balaban J connectivity index is 1.32. The van der Waals surface area contributed by atoms with Crippen molar-refractivity contribution in [3.63, 3.8) is 0 Å². The number of nitrogens with zero attached hydrogens (tertiary/aromatic N) is 1. The third kappa shape index (κ3) is 2.43. The van der Waals surface area contributed by atoms with Gasteiger partial charge < -0.3 is 19.9 Å². The van der Waals surface area contributed by atoms with Crippen LogP contribution in [0.3, 0.4) is 0 Å². The predicted molar refractivity (Wildman–Crippen MR) is 142 cm³/mol. The lowest BCUT2D eigenvalue weighted by Gasteiger charge is -2.62. The van der Waals surface area contributed by atoms with Gasteiger partial charge in [-0.15, -0.1) is 0 Å². The van der Waals surface area contributed by atoms with Crippen molar-refractivity contribution < 1.29 is 14.9 Å². The minimum absolute atomic E-state index is 0.0398. The number of likely N-dealkylation sites (tertiary alicyclic amines) is 1. The maximum Gasteiger partial charge on any atom is 0.166 e. The number of ether oxygens (including phenoxy) is 1. The molecule has 9 rings (SSSR count). The van der Waals surface area contributed by atoms with E-state index in [0.717, 1.165) is 48.6 Å². The first-order valence-corrected chi connectivity index (χ1v) is 13.8. The molecule has 2 bridgehead atoms. The van der Waals surface area contributed by atoms with Crippen LogP contribution in [0, 0.1) is 5.92 Å². The number of H-pyrrole nitrogens is 1. The first-order valence-electron chi connectivity index (χ1n) is 13.8. The van der Waals surface area contributed by atoms with Gasteiger partial charge in [-0.1, -0.05) is 48.5 Å². The van der Waals surface area contributed by atoms with E-state index in [-0.39, 0.29) is 17.9 Å². The lowest BCUT2D eigenvalue weighted by Crippen LogP contribution is -2.74. The van der Waals surface area contributed by atoms with Gasteiger partial charge in [-0.05, 0) is 72.5 Å². The van der Waals surface area contributed by atoms with Crippen LogP contribution >= 0.6 is 0 Å². The largest absolute Gasteiger partial charge is 0.504 e. The number of aromatic hydroxyl groups is 1. The van der Waals surface area contributed by atoms with Crippen LogP contribution in [-0.4, -0.2) is 44.8 Å². The summed E-state index contributed by atoms with van der Waals surface area (Å²) in [4.78, 5) is 6.34. The van der Waals surface area contributed by atoms with E-state index in [1.165, 1.54) is 40.5 Å². The van der Waals surface area contributed by atoms with E-state index in [4.69, 9.17) is 4.74 Å². The highest BCUT2D eigenvalue weighted by molar-refractivity contribution is 5.99. The summed E-state index contributed by atoms with van der Waals surface area (Å²) in [7, 11) is 0. The number of aromatic amines is 1. The van der Waals surface area contributed by atoms with Crippen LogP contribution in [0.4, 0.5) is 0 Å². The fraction of sp³-hybridized carbons (Fsp3) is 0.375. The molecule has 4 atom stereocenters. The molecule has 4 aromatic rings. The van der Waals surface area contributed by atoms with Crippen LogP contribution in [0.15, 0.2) is 60.7 Å². The minimum Gasteiger partial charge on any atom is -0.504 e. The summed E-state index contributed by atoms with van der Waals surface area (Å²) in [6.45, 7) is 2.04. The van der Waals surface area contributed by atoms with E-state index in [9.17, 15) is 10.2 Å². The quantitative estimate of drug-likeness (QED) is 0.367. The van der Waals surface area contributed by atoms with Crippen molar-refractivity contribution >= 4 is 10.9 Å². The molecular weight excluding hydrogens is 460 g/mol. The second-order valence-electron chi connectivity index (χ2n) is 12.0. The smallest absolute Gasteiger partial charge is 0.166 e. The maximum absolute atomic E-state index is 13.1. The van der Waals surface area contributed by atoms with E-state index in [0.29, 0.717) is 12.2 Å². The second kappa shape index (κ2) is 6.77. The molecule has 5 heteroatoms. The SMILES string of the molecule is Oc1ccc2c3c1O[C@H]1c4[nH]c5cccc(-c6ccccc6)c5c4C[C@@]4(O)[C@@H](C2)N(CC2CC2)CC[C@]314. The summed E-state index contributed by atoms with van der Waals surface area (Å²) in [5.41, 5.74) is 6.46. The molecule has 3 aliphatic carbocycles. The molecule has 2 fully saturated rings. The molecule has 0 amide bonds. The molecule has 186 valence electrons. The van der Waals surface area contributed by atoms with Crippen LogP contribution in [-0.2, 0) is 18.3 Å². The highest BCUT2D eigenvalue weighted by Gasteiger charge is 2.72. The Hall–Kier alpha value is -3.28. The van der Waals surface area contributed by atoms with E-state index >= 15 is 0 Å². The van der Waals surface area contributed by atoms with Crippen molar-refractivity contribution in [2.45, 2.75) is 55.3 Å². The zero-order valence-electron chi connectivity index (χ0n) is 20.7. The van der Waals surface area contributed by atoms with Crippen LogP contribution in [0.5, 0.6) is 11.5 Å². The van der Waals surface area contributed by atoms with Gasteiger partial charge in [-0.2, -0.15) is 0 Å². The number of hydrogen-bond acceptors (Lipinski definition) is 4. The van der Waals surface area contributed by atoms with Crippen molar-refractivity contribution in [3.8, 4) is 22.6 Å². The number of phenolic OH excluding ortho intramolecular Hbond substituents is 1. The molecule has 1 saturated heterocycles. The predicted octanol–water partition coefficient (Wildman–Crippen LogP) is 5.24. The molecule has 1 saturated carbocycles. The molecule has 5 nitrogen and oxygen atoms in total. The monoisotopic (exact) mass is 490 g/mol. The number of fused-ring (bicyclic) bond motifs is 4. The fourth-order valence-corrected chi connectivity index (χ4v) is 8.54. The Labute approximate surface area is 215 Å². The lowest BCUT2D eigenvalue weighted by atomic mass is 9.49. The molecule has 3 heterocycles. The number of rotatable bonds is 3. The van der Waals surface area contributed by atoms with Gasteiger partial charge in [0, 0.05) is 35.5 Å². The van der Waals surface area contributed by atoms with Crippen molar-refractivity contribution in [1.82, 2.24) is 9.88 Å². The van der Waals surface area contributed by atoms with E-state index in [1.54, 1.807) is 6.07 Å². The number of aromatic nitrogens is 1. The summed E-state index contributed by atoms with van der Waals surface area (Å²) in [5.74, 6) is 1.54. The molecule has 0 radical (unpaired) electrons. The Morgan fingerprint density at radius 3 is 2.73 bits per heavy atom. The van der Waals surface area contributed by atoms with Gasteiger partial charge in [0.05, 0.1) is 16.7 Å². The van der Waals surface area contributed by atoms with Gasteiger partial charge in [-0.3, -0.25) is 4.90 Å². The first-order chi connectivity index (χ1) is 18.1. The maximum atomic E-state index is 13.1. The molecule has 3 N–H and O–H groups in total. The Morgan fingerprint density at radius 1 is 1.03 bits per heavy atom. The standard InChI is InChI=1S/C32H30N2O3/c35-24-12-11-20-15-25-32(36)16-22-26-21(19-5-2-1-3-6-19)7-4-8-23(26)33-28(22)30-31(32,27(20)29(24)37-30)13-14-34(25)17-18-9-10-18/h1-8,11-12,18,25,30,33,35-36H,9-10,13-17H2/t25-,30+,31+,32-/m1/s1. The summed E-state index contributed by atoms with van der Waals surface area (Å²) in [6.07, 6.45) is 4.49. The first kappa shape index (κ1) is 20.7. The number of nitrogens with one attached hydrogen (secondary N) is 1. The summed E-state index contributed by atoms with van der Waals surface area (Å²) in [5, 5.41) is 25.2. The summed E-state index contributed by atoms with van der Waals surface area (Å²) >= 11 is 0. The topological polar surface area (TPSA) is 68.7 Å². The number of aliphatic hydroxyl groups is 1. The Bertz CT molecular complexity index is 1610. The number of benzene rings is 3. The van der Waals surface area contributed by atoms with Crippen molar-refractivity contribution in [2.75, 3.05) is 13.1 Å². The third-order valence-electron chi connectivity index (χ3n) is 10.3. The Morgan fingerprint density at radius 2 is 1.89 bits per heavy atom. The molecule has 1 aromatic heterocycles. The van der Waals surface area contributed by atoms with Gasteiger partial charge in [0.15, 0.2) is 17.6 Å². The molecule has 1 spiro atoms. The zero-order chi connectivity index (χ0) is 24.5. The van der Waals surface area contributed by atoms with E-state index < -0.39 is 11.0 Å². The zero-order valence-corrected chi connectivity index (χ0v) is 20.7. The fourth-order valence-electron chi connectivity index (χ4n) is 8.54. The minimum atomic E-state index is -0.969. The van der Waals surface area contributed by atoms with Crippen molar-refractivity contribution in [2.24, 2.45) is 5.92 Å². The van der Waals surface area contributed by atoms with E-state index in [2.05, 4.69) is 58.4 Å². The third-order valence-corrected chi connectivity index (χ3v) is 10.3. The Kier molecular flexibility index (Phi) is 3.80. The van der Waals surface area contributed by atoms with Gasteiger partial charge >= 0.3 is 0 Å². The molecule has 37 heavy (non-hydrogen) atoms. The van der Waals surface area contributed by atoms with E-state index in [1.807, 2.05) is 6.07 Å². The van der Waals surface area contributed by atoms with Crippen LogP contribution in [0.25, 0.3) is 22.0 Å². The lowest BCUT2D eigenvalue weighted by molar-refractivity contribution is -0.173. The molecule has 3 aromatic carbocycles. The van der Waals surface area contributed by atoms with Crippen molar-refractivity contribution in [3.05, 3.63) is 83.0 Å². The average molecular weight is 491 g/mol. The molecule has 0 unspecified atom stereocenters. The number of piperidine rings is 1. The normalized spacial score (nSPS) is 31.2. The molecule has 2 aliphatic heterocycles. The average Bonchev–Trinajstić information content (AvgIpc) is 3.55. The van der Waals surface area contributed by atoms with Crippen LogP contribution in [0.1, 0.15) is 47.8 Å². The van der Waals surface area contributed by atoms with Crippen LogP contribution < -0.4 is 4.74 Å². The van der Waals surface area contributed by atoms with Gasteiger partial charge in [0.1, 0.15) is 0 Å². The summed E-state index contributed by atoms with van der Waals surface area (Å²) in [6, 6.07) is 20.9. The molecule has 5 aliphatic rings. The van der Waals surface area contributed by atoms with Gasteiger partial charge in [-0.25, -0.2) is 0 Å². The number of phenols is 1. The van der Waals surface area contributed by atoms with Gasteiger partial charge in [0.2, 0.25) is 0 Å². The molecular formula is C32H30N2O3. The summed E-state index contributed by atoms with van der Waals surface area (Å²) < 4.78 is 6.75. The van der Waals surface area contributed by atoms with Crippen molar-refractivity contribution in [1.29, 1.82) is 0 Å². The van der Waals surface area contributed by atoms with Gasteiger partial charge in [0.25, 0.3) is 0 Å². The highest BCUT2D eigenvalue weighted by atomic mass is 16.5.